The van der Waals surface area contributed by atoms with Gasteiger partial charge in [0.25, 0.3) is 0 Å². The van der Waals surface area contributed by atoms with Crippen molar-refractivity contribution in [3.05, 3.63) is 68.1 Å². The molecule has 92 valence electrons. The third kappa shape index (κ3) is 3.14. The monoisotopic (exact) mass is 342 g/mol. The predicted molar refractivity (Wildman–Crippen MR) is 78.6 cm³/mol. The van der Waals surface area contributed by atoms with Crippen LogP contribution in [0.3, 0.4) is 0 Å². The molecule has 0 saturated carbocycles. The number of Topliss-reactive ketones (excluding diaryl/α,β-unsaturated/α-hetero) is 1. The summed E-state index contributed by atoms with van der Waals surface area (Å²) >= 11 is 15.4. The van der Waals surface area contributed by atoms with Crippen LogP contribution in [0.25, 0.3) is 0 Å². The highest BCUT2D eigenvalue weighted by molar-refractivity contribution is 9.10. The molecule has 4 heteroatoms. The molecule has 1 nitrogen and oxygen atoms in total. The second-order valence-corrected chi connectivity index (χ2v) is 5.55. The van der Waals surface area contributed by atoms with E-state index >= 15 is 0 Å². The van der Waals surface area contributed by atoms with E-state index in [9.17, 15) is 4.79 Å². The Morgan fingerprint density at radius 2 is 1.78 bits per heavy atom. The molecule has 0 bridgehead atoms. The topological polar surface area (TPSA) is 17.1 Å². The number of rotatable bonds is 3. The largest absolute Gasteiger partial charge is 0.294 e. The highest BCUT2D eigenvalue weighted by Gasteiger charge is 2.12. The van der Waals surface area contributed by atoms with Crippen LogP contribution >= 0.6 is 39.1 Å². The lowest BCUT2D eigenvalue weighted by Crippen LogP contribution is -2.04. The molecule has 0 unspecified atom stereocenters. The maximum Gasteiger partial charge on any atom is 0.168 e. The van der Waals surface area contributed by atoms with Crippen LogP contribution in [0.15, 0.2) is 46.9 Å². The molecule has 0 aromatic heterocycles. The first-order valence-corrected chi connectivity index (χ1v) is 6.84. The minimum Gasteiger partial charge on any atom is -0.294 e. The molecule has 0 saturated heterocycles. The van der Waals surface area contributed by atoms with Gasteiger partial charge in [0.1, 0.15) is 0 Å². The van der Waals surface area contributed by atoms with E-state index in [2.05, 4.69) is 15.9 Å². The van der Waals surface area contributed by atoms with Crippen LogP contribution in [-0.2, 0) is 6.42 Å². The molecule has 0 atom stereocenters. The van der Waals surface area contributed by atoms with E-state index in [1.165, 1.54) is 0 Å². The zero-order valence-corrected chi connectivity index (χ0v) is 12.4. The Morgan fingerprint density at radius 1 is 1.06 bits per heavy atom. The Kier molecular flexibility index (Phi) is 4.44. The molecule has 2 aromatic rings. The van der Waals surface area contributed by atoms with Gasteiger partial charge < -0.3 is 0 Å². The van der Waals surface area contributed by atoms with Gasteiger partial charge in [-0.15, -0.1) is 0 Å². The second kappa shape index (κ2) is 5.87. The molecule has 0 N–H and O–H groups in total. The number of carbonyl (C=O) groups is 1. The molecule has 0 spiro atoms. The summed E-state index contributed by atoms with van der Waals surface area (Å²) < 4.78 is 0.890. The average molecular weight is 344 g/mol. The third-order valence-electron chi connectivity index (χ3n) is 2.54. The molecule has 0 aliphatic heterocycles. The van der Waals surface area contributed by atoms with Crippen molar-refractivity contribution in [1.82, 2.24) is 0 Å². The zero-order valence-electron chi connectivity index (χ0n) is 9.29. The molecule has 0 amide bonds. The van der Waals surface area contributed by atoms with E-state index in [1.54, 1.807) is 30.3 Å². The van der Waals surface area contributed by atoms with Gasteiger partial charge in [-0.25, -0.2) is 0 Å². The van der Waals surface area contributed by atoms with Gasteiger partial charge in [0, 0.05) is 21.5 Å². The fraction of sp³-hybridized carbons (Fsp3) is 0.0714. The van der Waals surface area contributed by atoms with E-state index in [0.717, 1.165) is 10.0 Å². The average Bonchev–Trinajstić information content (AvgIpc) is 2.33. The van der Waals surface area contributed by atoms with Gasteiger partial charge in [0.15, 0.2) is 5.78 Å². The molecule has 2 rings (SSSR count). The molecule has 0 aliphatic rings. The standard InChI is InChI=1S/C14H9BrCl2O/c15-10-6-5-9(13(17)8-10)7-14(18)11-3-1-2-4-12(11)16/h1-6,8H,7H2. The first-order valence-electron chi connectivity index (χ1n) is 5.29. The number of halogens is 3. The van der Waals surface area contributed by atoms with Gasteiger partial charge >= 0.3 is 0 Å². The van der Waals surface area contributed by atoms with E-state index in [4.69, 9.17) is 23.2 Å². The van der Waals surface area contributed by atoms with Crippen LogP contribution in [0.2, 0.25) is 10.0 Å². The SMILES string of the molecule is O=C(Cc1ccc(Br)cc1Cl)c1ccccc1Cl. The summed E-state index contributed by atoms with van der Waals surface area (Å²) in [5, 5.41) is 1.04. The fourth-order valence-electron chi connectivity index (χ4n) is 1.62. The summed E-state index contributed by atoms with van der Waals surface area (Å²) in [4.78, 5) is 12.1. The molecule has 0 radical (unpaired) electrons. The van der Waals surface area contributed by atoms with Crippen molar-refractivity contribution < 1.29 is 4.79 Å². The normalized spacial score (nSPS) is 10.4. The van der Waals surface area contributed by atoms with Crippen LogP contribution in [0.5, 0.6) is 0 Å². The van der Waals surface area contributed by atoms with Crippen molar-refractivity contribution in [2.75, 3.05) is 0 Å². The van der Waals surface area contributed by atoms with Crippen molar-refractivity contribution in [2.45, 2.75) is 6.42 Å². The van der Waals surface area contributed by atoms with Gasteiger partial charge in [0.05, 0.1) is 5.02 Å². The summed E-state index contributed by atoms with van der Waals surface area (Å²) in [5.74, 6) is -0.0372. The Hall–Kier alpha value is -0.830. The maximum absolute atomic E-state index is 12.1. The highest BCUT2D eigenvalue weighted by atomic mass is 79.9. The lowest BCUT2D eigenvalue weighted by atomic mass is 10.0. The summed E-state index contributed by atoms with van der Waals surface area (Å²) in [5.41, 5.74) is 1.32. The predicted octanol–water partition coefficient (Wildman–Crippen LogP) is 5.18. The lowest BCUT2D eigenvalue weighted by Gasteiger charge is -2.05. The van der Waals surface area contributed by atoms with Crippen LogP contribution in [0.1, 0.15) is 15.9 Å². The first kappa shape index (κ1) is 13.6. The fourth-order valence-corrected chi connectivity index (χ4v) is 2.60. The van der Waals surface area contributed by atoms with Crippen LogP contribution in [-0.4, -0.2) is 5.78 Å². The zero-order chi connectivity index (χ0) is 13.1. The van der Waals surface area contributed by atoms with Gasteiger partial charge in [0.2, 0.25) is 0 Å². The Labute approximate surface area is 124 Å². The van der Waals surface area contributed by atoms with E-state index in [0.29, 0.717) is 15.6 Å². The summed E-state index contributed by atoms with van der Waals surface area (Å²) in [7, 11) is 0. The number of carbonyl (C=O) groups excluding carboxylic acids is 1. The molecule has 0 fully saturated rings. The minimum atomic E-state index is -0.0372. The summed E-state index contributed by atoms with van der Waals surface area (Å²) in [6.45, 7) is 0. The number of hydrogen-bond acceptors (Lipinski definition) is 1. The summed E-state index contributed by atoms with van der Waals surface area (Å²) in [6, 6.07) is 12.5. The van der Waals surface area contributed by atoms with Gasteiger partial charge in [-0.1, -0.05) is 57.3 Å². The molecular weight excluding hydrogens is 335 g/mol. The first-order chi connectivity index (χ1) is 8.58. The smallest absolute Gasteiger partial charge is 0.168 e. The Morgan fingerprint density at radius 3 is 2.44 bits per heavy atom. The molecule has 2 aromatic carbocycles. The number of ketones is 1. The summed E-state index contributed by atoms with van der Waals surface area (Å²) in [6.07, 6.45) is 0.246. The van der Waals surface area contributed by atoms with Crippen LogP contribution in [0, 0.1) is 0 Å². The van der Waals surface area contributed by atoms with E-state index in [-0.39, 0.29) is 12.2 Å². The second-order valence-electron chi connectivity index (χ2n) is 3.82. The van der Waals surface area contributed by atoms with E-state index in [1.807, 2.05) is 12.1 Å². The lowest BCUT2D eigenvalue weighted by molar-refractivity contribution is 0.0993. The van der Waals surface area contributed by atoms with Crippen molar-refractivity contribution >= 4 is 44.9 Å². The van der Waals surface area contributed by atoms with Crippen molar-refractivity contribution in [3.63, 3.8) is 0 Å². The highest BCUT2D eigenvalue weighted by Crippen LogP contribution is 2.24. The maximum atomic E-state index is 12.1. The molecule has 0 heterocycles. The van der Waals surface area contributed by atoms with Crippen molar-refractivity contribution in [3.8, 4) is 0 Å². The molecular formula is C14H9BrCl2O. The van der Waals surface area contributed by atoms with Crippen molar-refractivity contribution in [2.24, 2.45) is 0 Å². The number of benzene rings is 2. The third-order valence-corrected chi connectivity index (χ3v) is 3.72. The van der Waals surface area contributed by atoms with Gasteiger partial charge in [-0.05, 0) is 29.8 Å². The van der Waals surface area contributed by atoms with E-state index < -0.39 is 0 Å². The molecule has 18 heavy (non-hydrogen) atoms. The van der Waals surface area contributed by atoms with Crippen molar-refractivity contribution in [1.29, 1.82) is 0 Å². The molecule has 0 aliphatic carbocycles. The quantitative estimate of drug-likeness (QED) is 0.701. The minimum absolute atomic E-state index is 0.0372. The van der Waals surface area contributed by atoms with Crippen LogP contribution in [0.4, 0.5) is 0 Å². The number of hydrogen-bond donors (Lipinski definition) is 0. The van der Waals surface area contributed by atoms with Gasteiger partial charge in [-0.3, -0.25) is 4.79 Å². The van der Waals surface area contributed by atoms with Crippen LogP contribution < -0.4 is 0 Å². The Balaban J connectivity index is 2.24. The van der Waals surface area contributed by atoms with Gasteiger partial charge in [-0.2, -0.15) is 0 Å². The Bertz CT molecular complexity index is 596.